The van der Waals surface area contributed by atoms with Crippen LogP contribution in [-0.4, -0.2) is 0 Å². The molecule has 2 aliphatic carbocycles. The van der Waals surface area contributed by atoms with Gasteiger partial charge in [-0.05, 0) is 59.2 Å². The lowest BCUT2D eigenvalue weighted by Crippen LogP contribution is -1.94. The molecule has 4 rings (SSSR count). The van der Waals surface area contributed by atoms with E-state index in [1.165, 1.54) is 44.5 Å². The summed E-state index contributed by atoms with van der Waals surface area (Å²) in [5, 5.41) is 0. The Bertz CT molecular complexity index is 761. The fraction of sp³-hybridized carbons (Fsp3) is 0.143. The van der Waals surface area contributed by atoms with Gasteiger partial charge in [0.15, 0.2) is 0 Å². The fourth-order valence-corrected chi connectivity index (χ4v) is 3.58. The molecule has 0 heterocycles. The summed E-state index contributed by atoms with van der Waals surface area (Å²) in [6.07, 6.45) is 5.76. The summed E-state index contributed by atoms with van der Waals surface area (Å²) >= 11 is 0. The molecule has 0 nitrogen and oxygen atoms in total. The van der Waals surface area contributed by atoms with Crippen molar-refractivity contribution in [3.63, 3.8) is 0 Å². The second-order valence-corrected chi connectivity index (χ2v) is 5.94. The van der Waals surface area contributed by atoms with Gasteiger partial charge >= 0.3 is 0 Å². The molecule has 0 heteroatoms. The summed E-state index contributed by atoms with van der Waals surface area (Å²) in [6, 6.07) is 17.6. The molecule has 0 aliphatic heterocycles. The lowest BCUT2D eigenvalue weighted by molar-refractivity contribution is 1.36. The standard InChI is InChI=1S/C21H18/c1-14(2)21-19-10-5-3-8-17(19)15-12-7-13-16(15)18-9-4-6-11-20(18)21/h3-6,8-13H,7H2,1-2H3. The van der Waals surface area contributed by atoms with E-state index in [1.54, 1.807) is 0 Å². The summed E-state index contributed by atoms with van der Waals surface area (Å²) in [5.41, 5.74) is 11.0. The van der Waals surface area contributed by atoms with E-state index in [0.717, 1.165) is 6.42 Å². The highest BCUT2D eigenvalue weighted by Crippen LogP contribution is 2.47. The van der Waals surface area contributed by atoms with Crippen LogP contribution in [0.5, 0.6) is 0 Å². The molecular weight excluding hydrogens is 252 g/mol. The molecule has 0 saturated carbocycles. The molecule has 0 amide bonds. The van der Waals surface area contributed by atoms with Crippen molar-refractivity contribution in [2.45, 2.75) is 20.3 Å². The Labute approximate surface area is 126 Å². The van der Waals surface area contributed by atoms with Gasteiger partial charge < -0.3 is 0 Å². The Morgan fingerprint density at radius 2 is 1.10 bits per heavy atom. The minimum absolute atomic E-state index is 1.04. The van der Waals surface area contributed by atoms with Crippen LogP contribution in [0.25, 0.3) is 16.7 Å². The van der Waals surface area contributed by atoms with Gasteiger partial charge in [0.25, 0.3) is 0 Å². The number of fused-ring (bicyclic) bond motifs is 5. The van der Waals surface area contributed by atoms with E-state index >= 15 is 0 Å². The second kappa shape index (κ2) is 4.60. The van der Waals surface area contributed by atoms with Crippen LogP contribution >= 0.6 is 0 Å². The molecule has 102 valence electrons. The third-order valence-electron chi connectivity index (χ3n) is 4.41. The lowest BCUT2D eigenvalue weighted by atomic mass is 9.90. The second-order valence-electron chi connectivity index (χ2n) is 5.94. The number of allylic oxidation sites excluding steroid dienone is 5. The van der Waals surface area contributed by atoms with Crippen LogP contribution in [0.1, 0.15) is 42.5 Å². The van der Waals surface area contributed by atoms with Crippen LogP contribution in [0.15, 0.2) is 66.3 Å². The van der Waals surface area contributed by atoms with E-state index in [1.807, 2.05) is 0 Å². The van der Waals surface area contributed by atoms with Crippen LogP contribution in [0.3, 0.4) is 0 Å². The van der Waals surface area contributed by atoms with Crippen LogP contribution in [0, 0.1) is 0 Å². The predicted octanol–water partition coefficient (Wildman–Crippen LogP) is 5.71. The van der Waals surface area contributed by atoms with Gasteiger partial charge in [0.2, 0.25) is 0 Å². The molecule has 2 aliphatic rings. The molecule has 2 aromatic rings. The van der Waals surface area contributed by atoms with E-state index in [0.29, 0.717) is 0 Å². The normalized spacial score (nSPS) is 15.4. The van der Waals surface area contributed by atoms with E-state index in [4.69, 9.17) is 0 Å². The topological polar surface area (TPSA) is 0 Å². The van der Waals surface area contributed by atoms with E-state index < -0.39 is 0 Å². The maximum absolute atomic E-state index is 2.36. The lowest BCUT2D eigenvalue weighted by Gasteiger charge is -2.13. The first-order chi connectivity index (χ1) is 10.3. The molecule has 0 radical (unpaired) electrons. The highest BCUT2D eigenvalue weighted by atomic mass is 14.3. The molecule has 0 unspecified atom stereocenters. The summed E-state index contributed by atoms with van der Waals surface area (Å²) < 4.78 is 0. The van der Waals surface area contributed by atoms with Crippen molar-refractivity contribution in [3.8, 4) is 0 Å². The molecule has 0 bridgehead atoms. The van der Waals surface area contributed by atoms with E-state index in [-0.39, 0.29) is 0 Å². The van der Waals surface area contributed by atoms with Crippen molar-refractivity contribution in [2.75, 3.05) is 0 Å². The molecular formula is C21H18. The van der Waals surface area contributed by atoms with Crippen molar-refractivity contribution in [1.82, 2.24) is 0 Å². The zero-order valence-corrected chi connectivity index (χ0v) is 12.5. The maximum atomic E-state index is 2.36. The third-order valence-corrected chi connectivity index (χ3v) is 4.41. The number of hydrogen-bond donors (Lipinski definition) is 0. The smallest absolute Gasteiger partial charge is 0.00997 e. The first-order valence-electron chi connectivity index (χ1n) is 7.55. The number of benzene rings is 2. The van der Waals surface area contributed by atoms with Gasteiger partial charge in [-0.2, -0.15) is 0 Å². The van der Waals surface area contributed by atoms with Gasteiger partial charge in [0, 0.05) is 0 Å². The average molecular weight is 270 g/mol. The Hall–Kier alpha value is -2.34. The molecule has 0 atom stereocenters. The summed E-state index contributed by atoms with van der Waals surface area (Å²) in [4.78, 5) is 0. The van der Waals surface area contributed by atoms with Gasteiger partial charge in [-0.25, -0.2) is 0 Å². The van der Waals surface area contributed by atoms with Gasteiger partial charge in [0.05, 0.1) is 0 Å². The highest BCUT2D eigenvalue weighted by Gasteiger charge is 2.26. The molecule has 2 aromatic carbocycles. The van der Waals surface area contributed by atoms with Crippen molar-refractivity contribution in [3.05, 3.63) is 88.5 Å². The number of rotatable bonds is 0. The van der Waals surface area contributed by atoms with Crippen LogP contribution in [0.2, 0.25) is 0 Å². The van der Waals surface area contributed by atoms with Gasteiger partial charge in [-0.1, -0.05) is 66.3 Å². The minimum atomic E-state index is 1.04. The Kier molecular flexibility index (Phi) is 2.71. The van der Waals surface area contributed by atoms with Crippen molar-refractivity contribution in [1.29, 1.82) is 0 Å². The van der Waals surface area contributed by atoms with Crippen LogP contribution in [0.4, 0.5) is 0 Å². The maximum Gasteiger partial charge on any atom is -0.00997 e. The van der Waals surface area contributed by atoms with Crippen LogP contribution < -0.4 is 0 Å². The SMILES string of the molecule is CC(C)=C1c2ccccc2C2=CCC=C2c2ccccc21. The third kappa shape index (κ3) is 1.76. The van der Waals surface area contributed by atoms with Crippen molar-refractivity contribution in [2.24, 2.45) is 0 Å². The predicted molar refractivity (Wildman–Crippen MR) is 90.8 cm³/mol. The first kappa shape index (κ1) is 12.4. The Morgan fingerprint density at radius 1 is 0.667 bits per heavy atom. The minimum Gasteiger partial charge on any atom is -0.0722 e. The monoisotopic (exact) mass is 270 g/mol. The van der Waals surface area contributed by atoms with E-state index in [2.05, 4.69) is 74.5 Å². The van der Waals surface area contributed by atoms with Crippen molar-refractivity contribution < 1.29 is 0 Å². The highest BCUT2D eigenvalue weighted by molar-refractivity contribution is 6.14. The summed E-state index contributed by atoms with van der Waals surface area (Å²) in [6.45, 7) is 4.43. The van der Waals surface area contributed by atoms with Gasteiger partial charge in [0.1, 0.15) is 0 Å². The molecule has 0 fully saturated rings. The molecule has 0 spiro atoms. The largest absolute Gasteiger partial charge is 0.0722 e. The Balaban J connectivity index is 2.18. The zero-order chi connectivity index (χ0) is 14.4. The summed E-state index contributed by atoms with van der Waals surface area (Å²) in [7, 11) is 0. The fourth-order valence-electron chi connectivity index (χ4n) is 3.58. The molecule has 0 aromatic heterocycles. The molecule has 0 saturated heterocycles. The Morgan fingerprint density at radius 3 is 1.52 bits per heavy atom. The average Bonchev–Trinajstić information content (AvgIpc) is 2.93. The van der Waals surface area contributed by atoms with Gasteiger partial charge in [-0.15, -0.1) is 0 Å². The quantitative estimate of drug-likeness (QED) is 0.575. The molecule has 21 heavy (non-hydrogen) atoms. The first-order valence-corrected chi connectivity index (χ1v) is 7.55. The van der Waals surface area contributed by atoms with E-state index in [9.17, 15) is 0 Å². The molecule has 0 N–H and O–H groups in total. The van der Waals surface area contributed by atoms with Crippen LogP contribution in [-0.2, 0) is 0 Å². The number of hydrogen-bond acceptors (Lipinski definition) is 0. The van der Waals surface area contributed by atoms with Crippen molar-refractivity contribution >= 4 is 16.7 Å². The summed E-state index contributed by atoms with van der Waals surface area (Å²) in [5.74, 6) is 0. The van der Waals surface area contributed by atoms with Gasteiger partial charge in [-0.3, -0.25) is 0 Å². The zero-order valence-electron chi connectivity index (χ0n) is 12.5.